The van der Waals surface area contributed by atoms with E-state index >= 15 is 0 Å². The number of halogens is 1. The molecule has 0 spiro atoms. The summed E-state index contributed by atoms with van der Waals surface area (Å²) in [5, 5.41) is 3.40. The molecule has 0 aliphatic rings. The van der Waals surface area contributed by atoms with E-state index in [9.17, 15) is 0 Å². The smallest absolute Gasteiger partial charge is 0.126 e. The maximum atomic E-state index is 5.60. The van der Waals surface area contributed by atoms with Crippen LogP contribution in [0.2, 0.25) is 0 Å². The van der Waals surface area contributed by atoms with Gasteiger partial charge in [-0.3, -0.25) is 0 Å². The lowest BCUT2D eigenvalue weighted by atomic mass is 10.1. The van der Waals surface area contributed by atoms with Crippen molar-refractivity contribution >= 4 is 21.7 Å². The molecule has 100 valence electrons. The summed E-state index contributed by atoms with van der Waals surface area (Å²) < 4.78 is 1.03. The van der Waals surface area contributed by atoms with Crippen molar-refractivity contribution in [2.75, 3.05) is 5.32 Å². The molecule has 1 aromatic heterocycles. The summed E-state index contributed by atoms with van der Waals surface area (Å²) in [4.78, 5) is 4.36. The molecule has 0 saturated heterocycles. The molecule has 2 aromatic rings. The summed E-state index contributed by atoms with van der Waals surface area (Å²) in [7, 11) is 0. The predicted molar refractivity (Wildman–Crippen MR) is 83.0 cm³/mol. The van der Waals surface area contributed by atoms with Gasteiger partial charge in [0.15, 0.2) is 0 Å². The van der Waals surface area contributed by atoms with E-state index in [-0.39, 0.29) is 6.04 Å². The number of nitrogens with one attached hydrogen (secondary N) is 1. The van der Waals surface area contributed by atoms with Gasteiger partial charge in [-0.25, -0.2) is 4.98 Å². The lowest BCUT2D eigenvalue weighted by Gasteiger charge is -2.16. The van der Waals surface area contributed by atoms with E-state index in [1.165, 1.54) is 11.1 Å². The third-order valence-corrected chi connectivity index (χ3v) is 3.96. The summed E-state index contributed by atoms with van der Waals surface area (Å²) in [6, 6.07) is 10.6. The lowest BCUT2D eigenvalue weighted by molar-refractivity contribution is 0.871. The number of aryl methyl sites for hydroxylation is 1. The quantitative estimate of drug-likeness (QED) is 0.901. The van der Waals surface area contributed by atoms with Crippen LogP contribution in [0.4, 0.5) is 5.82 Å². The fourth-order valence-corrected chi connectivity index (χ4v) is 2.08. The third-order valence-electron chi connectivity index (χ3n) is 3.13. The second kappa shape index (κ2) is 6.17. The van der Waals surface area contributed by atoms with Gasteiger partial charge in [-0.05, 0) is 52.5 Å². The summed E-state index contributed by atoms with van der Waals surface area (Å²) in [6.45, 7) is 4.75. The number of hydrogen-bond donors (Lipinski definition) is 2. The van der Waals surface area contributed by atoms with Crippen molar-refractivity contribution in [3.8, 4) is 0 Å². The highest BCUT2D eigenvalue weighted by Crippen LogP contribution is 2.21. The maximum absolute atomic E-state index is 5.60. The molecular weight excluding hydrogens is 302 g/mol. The van der Waals surface area contributed by atoms with Crippen LogP contribution in [0.1, 0.15) is 29.7 Å². The van der Waals surface area contributed by atoms with Crippen molar-refractivity contribution in [2.24, 2.45) is 5.73 Å². The fourth-order valence-electron chi connectivity index (χ4n) is 1.87. The van der Waals surface area contributed by atoms with E-state index in [0.717, 1.165) is 15.9 Å². The molecule has 3 nitrogen and oxygen atoms in total. The van der Waals surface area contributed by atoms with Crippen LogP contribution in [0, 0.1) is 6.92 Å². The number of aromatic nitrogens is 1. The van der Waals surface area contributed by atoms with Crippen molar-refractivity contribution in [1.82, 2.24) is 4.98 Å². The Morgan fingerprint density at radius 2 is 2.00 bits per heavy atom. The van der Waals surface area contributed by atoms with Crippen molar-refractivity contribution in [1.29, 1.82) is 0 Å². The highest BCUT2D eigenvalue weighted by molar-refractivity contribution is 9.10. The van der Waals surface area contributed by atoms with Crippen LogP contribution in [0.25, 0.3) is 0 Å². The minimum Gasteiger partial charge on any atom is -0.364 e. The zero-order chi connectivity index (χ0) is 13.8. The molecule has 1 unspecified atom stereocenters. The van der Waals surface area contributed by atoms with E-state index in [1.54, 1.807) is 0 Å². The van der Waals surface area contributed by atoms with E-state index in [0.29, 0.717) is 6.54 Å². The minimum absolute atomic E-state index is 0.208. The van der Waals surface area contributed by atoms with Gasteiger partial charge in [0.2, 0.25) is 0 Å². The Balaban J connectivity index is 2.10. The molecule has 1 atom stereocenters. The topological polar surface area (TPSA) is 50.9 Å². The van der Waals surface area contributed by atoms with Crippen LogP contribution in [0.3, 0.4) is 0 Å². The molecule has 0 aliphatic heterocycles. The average Bonchev–Trinajstić information content (AvgIpc) is 2.43. The van der Waals surface area contributed by atoms with Gasteiger partial charge in [0.05, 0.1) is 0 Å². The molecular formula is C15H18BrN3. The Hall–Kier alpha value is -1.39. The number of hydrogen-bond acceptors (Lipinski definition) is 3. The Morgan fingerprint density at radius 3 is 2.58 bits per heavy atom. The molecule has 0 aliphatic carbocycles. The van der Waals surface area contributed by atoms with Crippen molar-refractivity contribution < 1.29 is 0 Å². The summed E-state index contributed by atoms with van der Waals surface area (Å²) in [5.41, 5.74) is 9.14. The summed E-state index contributed by atoms with van der Waals surface area (Å²) in [5.74, 6) is 0.885. The second-order valence-corrected chi connectivity index (χ2v) is 5.48. The van der Waals surface area contributed by atoms with Crippen LogP contribution in [0.15, 0.2) is 41.0 Å². The number of pyridine rings is 1. The standard InChI is InChI=1S/C15H18BrN3/c1-10-7-15(18-9-14(10)16)19-11(2)13-5-3-12(8-17)4-6-13/h3-7,9,11H,8,17H2,1-2H3,(H,18,19). The van der Waals surface area contributed by atoms with Gasteiger partial charge in [0.1, 0.15) is 5.82 Å². The second-order valence-electron chi connectivity index (χ2n) is 4.63. The molecule has 0 radical (unpaired) electrons. The number of nitrogens with zero attached hydrogens (tertiary/aromatic N) is 1. The van der Waals surface area contributed by atoms with E-state index in [2.05, 4.69) is 64.3 Å². The first-order chi connectivity index (χ1) is 9.10. The highest BCUT2D eigenvalue weighted by Gasteiger charge is 2.06. The molecule has 3 N–H and O–H groups in total. The predicted octanol–water partition coefficient (Wildman–Crippen LogP) is 3.78. The van der Waals surface area contributed by atoms with Gasteiger partial charge in [-0.2, -0.15) is 0 Å². The van der Waals surface area contributed by atoms with Gasteiger partial charge < -0.3 is 11.1 Å². The average molecular weight is 320 g/mol. The highest BCUT2D eigenvalue weighted by atomic mass is 79.9. The third kappa shape index (κ3) is 3.55. The molecule has 0 fully saturated rings. The normalized spacial score (nSPS) is 12.2. The molecule has 19 heavy (non-hydrogen) atoms. The molecule has 0 amide bonds. The number of rotatable bonds is 4. The van der Waals surface area contributed by atoms with Gasteiger partial charge in [-0.1, -0.05) is 24.3 Å². The van der Waals surface area contributed by atoms with Gasteiger partial charge in [0, 0.05) is 23.3 Å². The SMILES string of the molecule is Cc1cc(NC(C)c2ccc(CN)cc2)ncc1Br. The van der Waals surface area contributed by atoms with Crippen molar-refractivity contribution in [2.45, 2.75) is 26.4 Å². The molecule has 0 saturated carbocycles. The molecule has 2 rings (SSSR count). The maximum Gasteiger partial charge on any atom is 0.126 e. The Morgan fingerprint density at radius 1 is 1.32 bits per heavy atom. The van der Waals surface area contributed by atoms with Crippen LogP contribution in [-0.2, 0) is 6.54 Å². The first-order valence-electron chi connectivity index (χ1n) is 6.27. The van der Waals surface area contributed by atoms with Gasteiger partial charge in [-0.15, -0.1) is 0 Å². The van der Waals surface area contributed by atoms with E-state index in [4.69, 9.17) is 5.73 Å². The number of nitrogens with two attached hydrogens (primary N) is 1. The first kappa shape index (κ1) is 14.0. The summed E-state index contributed by atoms with van der Waals surface area (Å²) in [6.07, 6.45) is 1.82. The van der Waals surface area contributed by atoms with Crippen molar-refractivity contribution in [3.05, 3.63) is 57.7 Å². The minimum atomic E-state index is 0.208. The summed E-state index contributed by atoms with van der Waals surface area (Å²) >= 11 is 3.45. The number of benzene rings is 1. The zero-order valence-corrected chi connectivity index (χ0v) is 12.7. The Labute approximate surface area is 122 Å². The lowest BCUT2D eigenvalue weighted by Crippen LogP contribution is -2.08. The molecule has 4 heteroatoms. The van der Waals surface area contributed by atoms with Crippen molar-refractivity contribution in [3.63, 3.8) is 0 Å². The monoisotopic (exact) mass is 319 g/mol. The van der Waals surface area contributed by atoms with Crippen LogP contribution >= 0.6 is 15.9 Å². The fraction of sp³-hybridized carbons (Fsp3) is 0.267. The van der Waals surface area contributed by atoms with Crippen LogP contribution in [-0.4, -0.2) is 4.98 Å². The largest absolute Gasteiger partial charge is 0.364 e. The molecule has 0 bridgehead atoms. The van der Waals surface area contributed by atoms with Crippen LogP contribution < -0.4 is 11.1 Å². The zero-order valence-electron chi connectivity index (χ0n) is 11.2. The Bertz CT molecular complexity index is 552. The van der Waals surface area contributed by atoms with E-state index < -0.39 is 0 Å². The van der Waals surface area contributed by atoms with E-state index in [1.807, 2.05) is 12.3 Å². The molecule has 1 heterocycles. The van der Waals surface area contributed by atoms with Gasteiger partial charge in [0.25, 0.3) is 0 Å². The number of anilines is 1. The first-order valence-corrected chi connectivity index (χ1v) is 7.07. The Kier molecular flexibility index (Phi) is 4.56. The van der Waals surface area contributed by atoms with Gasteiger partial charge >= 0.3 is 0 Å². The van der Waals surface area contributed by atoms with Crippen LogP contribution in [0.5, 0.6) is 0 Å². The molecule has 1 aromatic carbocycles.